The van der Waals surface area contributed by atoms with Crippen LogP contribution < -0.4 is 9.64 Å². The number of halogens is 3. The Labute approximate surface area is 227 Å². The normalized spacial score (nSPS) is 15.8. The van der Waals surface area contributed by atoms with Crippen LogP contribution in [0.5, 0.6) is 5.75 Å². The van der Waals surface area contributed by atoms with Gasteiger partial charge in [0.2, 0.25) is 0 Å². The highest BCUT2D eigenvalue weighted by molar-refractivity contribution is 9.10. The second kappa shape index (κ2) is 11.0. The summed E-state index contributed by atoms with van der Waals surface area (Å²) in [6.45, 7) is 7.92. The number of hydrogen-bond acceptors (Lipinski definition) is 4. The predicted octanol–water partition coefficient (Wildman–Crippen LogP) is 8.75. The van der Waals surface area contributed by atoms with Crippen LogP contribution >= 0.6 is 50.9 Å². The monoisotopic (exact) mass is 586 g/mol. The first-order valence-electron chi connectivity index (χ1n) is 10.6. The van der Waals surface area contributed by atoms with Crippen LogP contribution in [0.15, 0.2) is 81.6 Å². The zero-order chi connectivity index (χ0) is 25.1. The van der Waals surface area contributed by atoms with Gasteiger partial charge < -0.3 is 4.74 Å². The number of thioether (sulfide) groups is 1. The molecule has 8 heteroatoms. The van der Waals surface area contributed by atoms with Crippen LogP contribution in [0.25, 0.3) is 6.08 Å². The average Bonchev–Trinajstić information content (AvgIpc) is 3.12. The molecule has 0 N–H and O–H groups in total. The van der Waals surface area contributed by atoms with Gasteiger partial charge in [-0.2, -0.15) is 0 Å². The van der Waals surface area contributed by atoms with Crippen LogP contribution in [-0.4, -0.2) is 17.7 Å². The van der Waals surface area contributed by atoms with Crippen LogP contribution in [0, 0.1) is 13.8 Å². The minimum Gasteiger partial charge on any atom is -0.488 e. The Morgan fingerprint density at radius 3 is 2.43 bits per heavy atom. The number of rotatable bonds is 6. The quantitative estimate of drug-likeness (QED) is 0.214. The van der Waals surface area contributed by atoms with E-state index in [9.17, 15) is 4.79 Å². The Bertz CT molecular complexity index is 1390. The maximum Gasteiger partial charge on any atom is 0.271 e. The first-order chi connectivity index (χ1) is 16.8. The van der Waals surface area contributed by atoms with Gasteiger partial charge in [-0.05, 0) is 101 Å². The van der Waals surface area contributed by atoms with Crippen LogP contribution in [0.2, 0.25) is 10.0 Å². The molecule has 1 fully saturated rings. The SMILES string of the molecule is C=CCOc1ccc(/C=C2/SC(=Nc3ccc(C)c(Cl)c3)N(c3ccc(C)c(Cl)c3)C2=O)cc1Br. The lowest BCUT2D eigenvalue weighted by Crippen LogP contribution is -2.28. The van der Waals surface area contributed by atoms with Gasteiger partial charge in [-0.25, -0.2) is 4.99 Å². The van der Waals surface area contributed by atoms with Crippen molar-refractivity contribution in [2.24, 2.45) is 4.99 Å². The van der Waals surface area contributed by atoms with Crippen LogP contribution in [0.3, 0.4) is 0 Å². The summed E-state index contributed by atoms with van der Waals surface area (Å²) in [4.78, 5) is 20.4. The highest BCUT2D eigenvalue weighted by Gasteiger charge is 2.35. The number of nitrogens with zero attached hydrogens (tertiary/aromatic N) is 2. The number of anilines is 1. The number of amidine groups is 1. The lowest BCUT2D eigenvalue weighted by atomic mass is 10.2. The molecule has 1 saturated heterocycles. The molecule has 0 unspecified atom stereocenters. The van der Waals surface area contributed by atoms with Crippen LogP contribution in [-0.2, 0) is 4.79 Å². The largest absolute Gasteiger partial charge is 0.488 e. The van der Waals surface area contributed by atoms with E-state index in [2.05, 4.69) is 22.5 Å². The van der Waals surface area contributed by atoms with Crippen molar-refractivity contribution in [3.05, 3.63) is 103 Å². The number of amides is 1. The third kappa shape index (κ3) is 5.84. The summed E-state index contributed by atoms with van der Waals surface area (Å²) in [6.07, 6.45) is 3.52. The summed E-state index contributed by atoms with van der Waals surface area (Å²) < 4.78 is 6.41. The second-order valence-corrected chi connectivity index (χ2v) is 10.5. The third-order valence-electron chi connectivity index (χ3n) is 5.21. The van der Waals surface area contributed by atoms with Gasteiger partial charge >= 0.3 is 0 Å². The van der Waals surface area contributed by atoms with Crippen molar-refractivity contribution in [1.82, 2.24) is 0 Å². The molecule has 0 aromatic heterocycles. The summed E-state index contributed by atoms with van der Waals surface area (Å²) in [5, 5.41) is 1.71. The molecular formula is C27H21BrCl2N2O2S. The van der Waals surface area contributed by atoms with Gasteiger partial charge in [0, 0.05) is 10.0 Å². The van der Waals surface area contributed by atoms with E-state index >= 15 is 0 Å². The van der Waals surface area contributed by atoms with E-state index < -0.39 is 0 Å². The van der Waals surface area contributed by atoms with Gasteiger partial charge in [-0.1, -0.05) is 54.1 Å². The van der Waals surface area contributed by atoms with E-state index in [1.807, 2.05) is 62.4 Å². The third-order valence-corrected chi connectivity index (χ3v) is 7.61. The fourth-order valence-corrected chi connectivity index (χ4v) is 5.14. The fraction of sp³-hybridized carbons (Fsp3) is 0.111. The Morgan fingerprint density at radius 2 is 1.77 bits per heavy atom. The lowest BCUT2D eigenvalue weighted by Gasteiger charge is -2.16. The van der Waals surface area contributed by atoms with Gasteiger partial charge in [-0.3, -0.25) is 9.69 Å². The van der Waals surface area contributed by atoms with E-state index in [1.54, 1.807) is 23.1 Å². The molecule has 3 aromatic rings. The molecule has 0 radical (unpaired) electrons. The molecule has 0 aliphatic carbocycles. The topological polar surface area (TPSA) is 41.9 Å². The summed E-state index contributed by atoms with van der Waals surface area (Å²) in [5.41, 5.74) is 4.04. The number of carbonyl (C=O) groups excluding carboxylic acids is 1. The summed E-state index contributed by atoms with van der Waals surface area (Å²) in [5.74, 6) is 0.516. The highest BCUT2D eigenvalue weighted by Crippen LogP contribution is 2.39. The Balaban J connectivity index is 1.75. The Kier molecular flexibility index (Phi) is 8.07. The molecule has 0 bridgehead atoms. The molecular weight excluding hydrogens is 567 g/mol. The standard InChI is InChI=1S/C27H21BrCl2N2O2S/c1-4-11-34-24-10-7-18(12-21(24)28)13-25-26(33)32(20-9-6-17(3)23(30)15-20)27(35-25)31-19-8-5-16(2)22(29)14-19/h4-10,12-15H,1,11H2,2-3H3/b25-13+,31-27?. The minimum absolute atomic E-state index is 0.185. The maximum absolute atomic E-state index is 13.6. The van der Waals surface area contributed by atoms with Crippen molar-refractivity contribution in [3.63, 3.8) is 0 Å². The summed E-state index contributed by atoms with van der Waals surface area (Å²) >= 11 is 17.5. The van der Waals surface area contributed by atoms with Gasteiger partial charge in [0.15, 0.2) is 5.17 Å². The molecule has 1 amide bonds. The molecule has 4 nitrogen and oxygen atoms in total. The van der Waals surface area contributed by atoms with Crippen LogP contribution in [0.4, 0.5) is 11.4 Å². The predicted molar refractivity (Wildman–Crippen MR) is 152 cm³/mol. The summed E-state index contributed by atoms with van der Waals surface area (Å²) in [7, 11) is 0. The van der Waals surface area contributed by atoms with Crippen molar-refractivity contribution < 1.29 is 9.53 Å². The lowest BCUT2D eigenvalue weighted by molar-refractivity contribution is -0.113. The molecule has 1 aliphatic rings. The first kappa shape index (κ1) is 25.6. The highest BCUT2D eigenvalue weighted by atomic mass is 79.9. The molecule has 0 atom stereocenters. The number of aliphatic imine (C=N–C) groups is 1. The zero-order valence-corrected chi connectivity index (χ0v) is 22.9. The average molecular weight is 588 g/mol. The molecule has 35 heavy (non-hydrogen) atoms. The Morgan fingerprint density at radius 1 is 1.06 bits per heavy atom. The van der Waals surface area contributed by atoms with Gasteiger partial charge in [0.1, 0.15) is 12.4 Å². The molecule has 0 saturated carbocycles. The number of aryl methyl sites for hydroxylation is 2. The molecule has 1 aliphatic heterocycles. The van der Waals surface area contributed by atoms with E-state index in [0.29, 0.717) is 43.8 Å². The number of hydrogen-bond donors (Lipinski definition) is 0. The number of ether oxygens (including phenoxy) is 1. The smallest absolute Gasteiger partial charge is 0.271 e. The van der Waals surface area contributed by atoms with Gasteiger partial charge in [-0.15, -0.1) is 0 Å². The molecule has 178 valence electrons. The molecule has 4 rings (SSSR count). The first-order valence-corrected chi connectivity index (χ1v) is 13.0. The van der Waals surface area contributed by atoms with E-state index in [-0.39, 0.29) is 5.91 Å². The van der Waals surface area contributed by atoms with Crippen molar-refractivity contribution >= 4 is 79.4 Å². The van der Waals surface area contributed by atoms with E-state index in [4.69, 9.17) is 32.9 Å². The Hall–Kier alpha value is -2.51. The van der Waals surface area contributed by atoms with Crippen LogP contribution in [0.1, 0.15) is 16.7 Å². The van der Waals surface area contributed by atoms with Crippen molar-refractivity contribution in [1.29, 1.82) is 0 Å². The van der Waals surface area contributed by atoms with Crippen molar-refractivity contribution in [2.45, 2.75) is 13.8 Å². The fourth-order valence-electron chi connectivity index (χ4n) is 3.28. The molecule has 0 spiro atoms. The zero-order valence-electron chi connectivity index (χ0n) is 19.0. The molecule has 3 aromatic carbocycles. The van der Waals surface area contributed by atoms with Gasteiger partial charge in [0.25, 0.3) is 5.91 Å². The summed E-state index contributed by atoms with van der Waals surface area (Å²) in [6, 6.07) is 16.7. The van der Waals surface area contributed by atoms with E-state index in [1.165, 1.54) is 11.8 Å². The number of carbonyl (C=O) groups is 1. The van der Waals surface area contributed by atoms with Crippen molar-refractivity contribution in [2.75, 3.05) is 11.5 Å². The van der Waals surface area contributed by atoms with Gasteiger partial charge in [0.05, 0.1) is 20.8 Å². The molecule has 1 heterocycles. The maximum atomic E-state index is 13.6. The minimum atomic E-state index is -0.185. The number of benzene rings is 3. The van der Waals surface area contributed by atoms with E-state index in [0.717, 1.165) is 21.2 Å². The second-order valence-electron chi connectivity index (χ2n) is 7.80. The van der Waals surface area contributed by atoms with Crippen molar-refractivity contribution in [3.8, 4) is 5.75 Å².